The fourth-order valence-electron chi connectivity index (χ4n) is 2.44. The van der Waals surface area contributed by atoms with E-state index >= 15 is 0 Å². The van der Waals surface area contributed by atoms with Crippen LogP contribution in [0.25, 0.3) is 0 Å². The number of amides is 1. The lowest BCUT2D eigenvalue weighted by molar-refractivity contribution is -0.0350. The first kappa shape index (κ1) is 15.8. The number of methoxy groups -OCH3 is 1. The van der Waals surface area contributed by atoms with Crippen LogP contribution in [0.1, 0.15) is 28.2 Å². The number of nitrogens with zero attached hydrogens (tertiary/aromatic N) is 3. The largest absolute Gasteiger partial charge is 0.496 e. The summed E-state index contributed by atoms with van der Waals surface area (Å²) < 4.78 is 16.3. The van der Waals surface area contributed by atoms with Crippen LogP contribution in [0.15, 0.2) is 22.6 Å². The molecular weight excluding hydrogens is 322 g/mol. The molecule has 0 spiro atoms. The van der Waals surface area contributed by atoms with E-state index < -0.39 is 6.10 Å². The highest BCUT2D eigenvalue weighted by atomic mass is 35.5. The normalized spacial score (nSPS) is 18.0. The average Bonchev–Trinajstić information content (AvgIpc) is 3.01. The number of hydrogen-bond donors (Lipinski definition) is 0. The smallest absolute Gasteiger partial charge is 0.257 e. The van der Waals surface area contributed by atoms with Crippen LogP contribution in [0.5, 0.6) is 5.75 Å². The first-order valence-electron chi connectivity index (χ1n) is 7.13. The van der Waals surface area contributed by atoms with E-state index in [1.165, 1.54) is 7.11 Å². The van der Waals surface area contributed by atoms with E-state index in [1.54, 1.807) is 30.0 Å². The van der Waals surface area contributed by atoms with Gasteiger partial charge in [0.15, 0.2) is 6.10 Å². The second kappa shape index (κ2) is 6.55. The van der Waals surface area contributed by atoms with Crippen molar-refractivity contribution in [1.29, 1.82) is 0 Å². The van der Waals surface area contributed by atoms with Crippen LogP contribution in [0, 0.1) is 6.92 Å². The van der Waals surface area contributed by atoms with Gasteiger partial charge in [0, 0.05) is 18.5 Å². The number of aromatic nitrogens is 2. The molecule has 0 bridgehead atoms. The highest BCUT2D eigenvalue weighted by molar-refractivity contribution is 6.31. The van der Waals surface area contributed by atoms with Gasteiger partial charge in [-0.3, -0.25) is 4.79 Å². The average molecular weight is 338 g/mol. The SMILES string of the molecule is COc1ccc(Cl)cc1C(=O)N1CCO[C@H](c2nnc(C)o2)C1. The zero-order valence-electron chi connectivity index (χ0n) is 12.8. The van der Waals surface area contributed by atoms with Crippen molar-refractivity contribution in [3.05, 3.63) is 40.6 Å². The summed E-state index contributed by atoms with van der Waals surface area (Å²) in [6.07, 6.45) is -0.431. The molecule has 0 unspecified atom stereocenters. The Balaban J connectivity index is 1.81. The van der Waals surface area contributed by atoms with Crippen molar-refractivity contribution in [3.8, 4) is 5.75 Å². The summed E-state index contributed by atoms with van der Waals surface area (Å²) in [5.74, 6) is 1.14. The third-order valence-corrected chi connectivity index (χ3v) is 3.80. The van der Waals surface area contributed by atoms with Gasteiger partial charge in [-0.2, -0.15) is 0 Å². The number of benzene rings is 1. The van der Waals surface area contributed by atoms with Gasteiger partial charge in [-0.25, -0.2) is 0 Å². The molecule has 1 amide bonds. The Labute approximate surface area is 138 Å². The highest BCUT2D eigenvalue weighted by Gasteiger charge is 2.30. The van der Waals surface area contributed by atoms with Gasteiger partial charge in [0.05, 0.1) is 25.8 Å². The van der Waals surface area contributed by atoms with E-state index in [-0.39, 0.29) is 5.91 Å². The van der Waals surface area contributed by atoms with Crippen LogP contribution in [-0.2, 0) is 4.74 Å². The van der Waals surface area contributed by atoms with Crippen molar-refractivity contribution in [1.82, 2.24) is 15.1 Å². The molecule has 7 nitrogen and oxygen atoms in total. The number of halogens is 1. The molecule has 2 heterocycles. The molecule has 1 atom stereocenters. The van der Waals surface area contributed by atoms with Gasteiger partial charge >= 0.3 is 0 Å². The van der Waals surface area contributed by atoms with Gasteiger partial charge in [0.2, 0.25) is 11.8 Å². The fraction of sp³-hybridized carbons (Fsp3) is 0.400. The lowest BCUT2D eigenvalue weighted by Crippen LogP contribution is -2.42. The number of ether oxygens (including phenoxy) is 2. The molecule has 0 saturated carbocycles. The van der Waals surface area contributed by atoms with Crippen LogP contribution in [0.4, 0.5) is 0 Å². The van der Waals surface area contributed by atoms with E-state index in [2.05, 4.69) is 10.2 Å². The number of hydrogen-bond acceptors (Lipinski definition) is 6. The van der Waals surface area contributed by atoms with Crippen molar-refractivity contribution < 1.29 is 18.7 Å². The van der Waals surface area contributed by atoms with Crippen LogP contribution in [0.3, 0.4) is 0 Å². The third kappa shape index (κ3) is 3.30. The van der Waals surface area contributed by atoms with E-state index in [0.717, 1.165) is 0 Å². The molecule has 8 heteroatoms. The lowest BCUT2D eigenvalue weighted by atomic mass is 10.1. The number of carbonyl (C=O) groups is 1. The second-order valence-corrected chi connectivity index (χ2v) is 5.55. The number of carbonyl (C=O) groups excluding carboxylic acids is 1. The number of morpholine rings is 1. The monoisotopic (exact) mass is 337 g/mol. The van der Waals surface area contributed by atoms with E-state index in [9.17, 15) is 4.79 Å². The van der Waals surface area contributed by atoms with Crippen LogP contribution < -0.4 is 4.74 Å². The molecule has 0 N–H and O–H groups in total. The Morgan fingerprint density at radius 3 is 2.96 bits per heavy atom. The molecular formula is C15H16ClN3O4. The first-order valence-corrected chi connectivity index (χ1v) is 7.50. The molecule has 1 aliphatic rings. The maximum Gasteiger partial charge on any atom is 0.257 e. The molecule has 3 rings (SSSR count). The summed E-state index contributed by atoms with van der Waals surface area (Å²) in [4.78, 5) is 14.4. The third-order valence-electron chi connectivity index (χ3n) is 3.56. The molecule has 0 radical (unpaired) electrons. The first-order chi connectivity index (χ1) is 11.1. The molecule has 23 heavy (non-hydrogen) atoms. The Hall–Kier alpha value is -2.12. The minimum atomic E-state index is -0.431. The predicted molar refractivity (Wildman–Crippen MR) is 81.6 cm³/mol. The molecule has 0 aliphatic carbocycles. The Morgan fingerprint density at radius 1 is 1.43 bits per heavy atom. The predicted octanol–water partition coefficient (Wildman–Crippen LogP) is 2.25. The molecule has 2 aromatic rings. The zero-order valence-corrected chi connectivity index (χ0v) is 13.5. The van der Waals surface area contributed by atoms with Gasteiger partial charge in [0.1, 0.15) is 5.75 Å². The summed E-state index contributed by atoms with van der Waals surface area (Å²) in [5, 5.41) is 8.23. The van der Waals surface area contributed by atoms with Crippen LogP contribution >= 0.6 is 11.6 Å². The second-order valence-electron chi connectivity index (χ2n) is 5.11. The highest BCUT2D eigenvalue weighted by Crippen LogP contribution is 2.27. The molecule has 1 aliphatic heterocycles. The molecule has 1 saturated heterocycles. The minimum absolute atomic E-state index is 0.172. The Kier molecular flexibility index (Phi) is 4.49. The lowest BCUT2D eigenvalue weighted by Gasteiger charge is -2.31. The molecule has 1 fully saturated rings. The van der Waals surface area contributed by atoms with Crippen LogP contribution in [-0.4, -0.2) is 47.8 Å². The van der Waals surface area contributed by atoms with Crippen molar-refractivity contribution in [2.24, 2.45) is 0 Å². The fourth-order valence-corrected chi connectivity index (χ4v) is 2.61. The summed E-state index contributed by atoms with van der Waals surface area (Å²) >= 11 is 6.00. The molecule has 1 aromatic heterocycles. The standard InChI is InChI=1S/C15H16ClN3O4/c1-9-17-18-14(23-9)13-8-19(5-6-22-13)15(20)11-7-10(16)3-4-12(11)21-2/h3-4,7,13H,5-6,8H2,1-2H3/t13-/m0/s1. The van der Waals surface area contributed by atoms with Gasteiger partial charge < -0.3 is 18.8 Å². The van der Waals surface area contributed by atoms with Gasteiger partial charge in [-0.05, 0) is 18.2 Å². The minimum Gasteiger partial charge on any atom is -0.496 e. The summed E-state index contributed by atoms with van der Waals surface area (Å²) in [6.45, 7) is 2.90. The summed E-state index contributed by atoms with van der Waals surface area (Å²) in [6, 6.07) is 4.96. The van der Waals surface area contributed by atoms with E-state index in [1.807, 2.05) is 0 Å². The maximum absolute atomic E-state index is 12.8. The van der Waals surface area contributed by atoms with Crippen molar-refractivity contribution >= 4 is 17.5 Å². The Morgan fingerprint density at radius 2 is 2.26 bits per heavy atom. The maximum atomic E-state index is 12.8. The van der Waals surface area contributed by atoms with Crippen molar-refractivity contribution in [3.63, 3.8) is 0 Å². The van der Waals surface area contributed by atoms with Crippen LogP contribution in [0.2, 0.25) is 5.02 Å². The number of aryl methyl sites for hydroxylation is 1. The number of rotatable bonds is 3. The molecule has 1 aromatic carbocycles. The topological polar surface area (TPSA) is 77.7 Å². The van der Waals surface area contributed by atoms with Gasteiger partial charge in [-0.1, -0.05) is 11.6 Å². The van der Waals surface area contributed by atoms with Crippen molar-refractivity contribution in [2.75, 3.05) is 26.8 Å². The molecule has 122 valence electrons. The zero-order chi connectivity index (χ0) is 16.4. The summed E-state index contributed by atoms with van der Waals surface area (Å²) in [7, 11) is 1.52. The van der Waals surface area contributed by atoms with E-state index in [0.29, 0.717) is 47.8 Å². The van der Waals surface area contributed by atoms with Gasteiger partial charge in [0.25, 0.3) is 5.91 Å². The summed E-state index contributed by atoms with van der Waals surface area (Å²) in [5.41, 5.74) is 0.419. The van der Waals surface area contributed by atoms with E-state index in [4.69, 9.17) is 25.5 Å². The van der Waals surface area contributed by atoms with Gasteiger partial charge in [-0.15, -0.1) is 10.2 Å². The quantitative estimate of drug-likeness (QED) is 0.855. The van der Waals surface area contributed by atoms with Crippen molar-refractivity contribution in [2.45, 2.75) is 13.0 Å². The Bertz CT molecular complexity index is 718.